The summed E-state index contributed by atoms with van der Waals surface area (Å²) in [5.41, 5.74) is 5.28. The summed E-state index contributed by atoms with van der Waals surface area (Å²) in [6, 6.07) is 18.2. The number of likely N-dealkylation sites (tertiary alicyclic amines) is 1. The van der Waals surface area contributed by atoms with Gasteiger partial charge in [0.2, 0.25) is 0 Å². The molecule has 2 aliphatic rings. The Labute approximate surface area is 216 Å². The van der Waals surface area contributed by atoms with Crippen LogP contribution in [0.3, 0.4) is 0 Å². The molecule has 2 heterocycles. The van der Waals surface area contributed by atoms with E-state index < -0.39 is 0 Å². The van der Waals surface area contributed by atoms with E-state index in [0.29, 0.717) is 12.6 Å². The van der Waals surface area contributed by atoms with E-state index in [4.69, 9.17) is 4.99 Å². The maximum atomic E-state index is 4.86. The van der Waals surface area contributed by atoms with Crippen molar-refractivity contribution in [3.8, 4) is 0 Å². The predicted octanol–water partition coefficient (Wildman–Crippen LogP) is 4.71. The number of piperidine rings is 1. The Morgan fingerprint density at radius 1 is 1.00 bits per heavy atom. The van der Waals surface area contributed by atoms with Crippen LogP contribution >= 0.6 is 24.0 Å². The quantitative estimate of drug-likeness (QED) is 0.223. The molecule has 0 aromatic heterocycles. The van der Waals surface area contributed by atoms with Gasteiger partial charge in [0, 0.05) is 51.0 Å². The zero-order chi connectivity index (χ0) is 22.2. The first kappa shape index (κ1) is 25.6. The molecule has 6 heteroatoms. The van der Waals surface area contributed by atoms with Gasteiger partial charge in [-0.2, -0.15) is 0 Å². The molecule has 2 aromatic carbocycles. The Balaban J connectivity index is 0.00000306. The fourth-order valence-corrected chi connectivity index (χ4v) is 4.49. The average Bonchev–Trinajstić information content (AvgIpc) is 3.34. The first-order valence-corrected chi connectivity index (χ1v) is 12.0. The Kier molecular flexibility index (Phi) is 10.1. The highest BCUT2D eigenvalue weighted by molar-refractivity contribution is 14.0. The van der Waals surface area contributed by atoms with Crippen LogP contribution in [0, 0.1) is 6.92 Å². The summed E-state index contributed by atoms with van der Waals surface area (Å²) >= 11 is 0. The lowest BCUT2D eigenvalue weighted by atomic mass is 10.0. The van der Waals surface area contributed by atoms with Gasteiger partial charge in [0.25, 0.3) is 0 Å². The van der Waals surface area contributed by atoms with Crippen molar-refractivity contribution in [2.75, 3.05) is 37.6 Å². The largest absolute Gasteiger partial charge is 0.364 e. The van der Waals surface area contributed by atoms with E-state index in [1.165, 1.54) is 22.4 Å². The lowest BCUT2D eigenvalue weighted by molar-refractivity contribution is 0.198. The second-order valence-corrected chi connectivity index (χ2v) is 8.92. The average molecular weight is 560 g/mol. The molecule has 0 saturated carbocycles. The number of hydrogen-bond donors (Lipinski definition) is 2. The molecule has 4 rings (SSSR count). The number of rotatable bonds is 7. The summed E-state index contributed by atoms with van der Waals surface area (Å²) in [7, 11) is 0. The van der Waals surface area contributed by atoms with Crippen molar-refractivity contribution in [1.82, 2.24) is 15.5 Å². The van der Waals surface area contributed by atoms with Crippen LogP contribution in [0.1, 0.15) is 36.5 Å². The zero-order valence-electron chi connectivity index (χ0n) is 20.0. The summed E-state index contributed by atoms with van der Waals surface area (Å²) < 4.78 is 0. The van der Waals surface area contributed by atoms with Crippen LogP contribution in [0.4, 0.5) is 5.69 Å². The highest BCUT2D eigenvalue weighted by Gasteiger charge is 2.20. The van der Waals surface area contributed by atoms with E-state index in [0.717, 1.165) is 58.1 Å². The second kappa shape index (κ2) is 13.0. The molecule has 33 heavy (non-hydrogen) atoms. The fourth-order valence-electron chi connectivity index (χ4n) is 4.49. The third-order valence-electron chi connectivity index (χ3n) is 6.30. The van der Waals surface area contributed by atoms with Gasteiger partial charge < -0.3 is 15.5 Å². The smallest absolute Gasteiger partial charge is 0.191 e. The van der Waals surface area contributed by atoms with E-state index in [-0.39, 0.29) is 24.0 Å². The van der Waals surface area contributed by atoms with Gasteiger partial charge in [-0.1, -0.05) is 54.1 Å². The van der Waals surface area contributed by atoms with Crippen molar-refractivity contribution in [1.29, 1.82) is 0 Å². The number of benzene rings is 2. The second-order valence-electron chi connectivity index (χ2n) is 8.92. The van der Waals surface area contributed by atoms with Gasteiger partial charge in [0.15, 0.2) is 5.96 Å². The molecule has 0 atom stereocenters. The van der Waals surface area contributed by atoms with Crippen LogP contribution in [0.15, 0.2) is 65.7 Å². The Bertz CT molecular complexity index is 908. The van der Waals surface area contributed by atoms with Crippen LogP contribution in [-0.2, 0) is 13.1 Å². The Morgan fingerprint density at radius 2 is 1.73 bits per heavy atom. The molecule has 1 fully saturated rings. The number of anilines is 1. The molecule has 1 saturated heterocycles. The number of hydrogen-bond acceptors (Lipinski definition) is 3. The van der Waals surface area contributed by atoms with Gasteiger partial charge in [-0.15, -0.1) is 24.0 Å². The van der Waals surface area contributed by atoms with E-state index in [2.05, 4.69) is 95.0 Å². The van der Waals surface area contributed by atoms with Crippen molar-refractivity contribution >= 4 is 35.6 Å². The third-order valence-corrected chi connectivity index (χ3v) is 6.30. The highest BCUT2D eigenvalue weighted by Crippen LogP contribution is 2.18. The number of nitrogens with zero attached hydrogens (tertiary/aromatic N) is 3. The number of aliphatic imine (C=N–C) groups is 1. The summed E-state index contributed by atoms with van der Waals surface area (Å²) in [6.45, 7) is 11.2. The zero-order valence-corrected chi connectivity index (χ0v) is 22.3. The molecule has 178 valence electrons. The molecule has 0 unspecified atom stereocenters. The third kappa shape index (κ3) is 7.74. The number of halogens is 1. The fraction of sp³-hybridized carbons (Fsp3) is 0.444. The first-order chi connectivity index (χ1) is 15.7. The predicted molar refractivity (Wildman–Crippen MR) is 151 cm³/mol. The molecular weight excluding hydrogens is 521 g/mol. The van der Waals surface area contributed by atoms with Crippen LogP contribution in [0.2, 0.25) is 0 Å². The van der Waals surface area contributed by atoms with Crippen LogP contribution in [0.25, 0.3) is 0 Å². The highest BCUT2D eigenvalue weighted by atomic mass is 127. The summed E-state index contributed by atoms with van der Waals surface area (Å²) in [6.07, 6.45) is 6.74. The van der Waals surface area contributed by atoms with Gasteiger partial charge in [0.05, 0.1) is 6.54 Å². The van der Waals surface area contributed by atoms with Crippen molar-refractivity contribution < 1.29 is 0 Å². The molecule has 0 bridgehead atoms. The molecule has 0 radical (unpaired) electrons. The van der Waals surface area contributed by atoms with Crippen molar-refractivity contribution in [3.63, 3.8) is 0 Å². The van der Waals surface area contributed by atoms with Crippen molar-refractivity contribution in [2.24, 2.45) is 4.99 Å². The maximum Gasteiger partial charge on any atom is 0.191 e. The topological polar surface area (TPSA) is 42.9 Å². The lowest BCUT2D eigenvalue weighted by Gasteiger charge is -2.33. The van der Waals surface area contributed by atoms with E-state index >= 15 is 0 Å². The van der Waals surface area contributed by atoms with E-state index in [9.17, 15) is 0 Å². The van der Waals surface area contributed by atoms with Crippen LogP contribution < -0.4 is 15.5 Å². The first-order valence-electron chi connectivity index (χ1n) is 12.0. The summed E-state index contributed by atoms with van der Waals surface area (Å²) in [4.78, 5) is 9.79. The SMILES string of the molecule is CCNC(=NCc1ccc(N2CC=CC2)cc1)NC1CCN(Cc2cccc(C)c2)CC1.I. The van der Waals surface area contributed by atoms with Gasteiger partial charge in [-0.05, 0) is 49.9 Å². The van der Waals surface area contributed by atoms with Gasteiger partial charge in [0.1, 0.15) is 0 Å². The molecule has 0 amide bonds. The number of nitrogens with one attached hydrogen (secondary N) is 2. The minimum Gasteiger partial charge on any atom is -0.364 e. The standard InChI is InChI=1S/C27H37N5.HI/c1-3-28-27(29-20-23-9-11-26(12-10-23)32-15-4-5-16-32)30-25-13-17-31(18-14-25)21-24-8-6-7-22(2)19-24;/h4-12,19,25H,3,13-18,20-21H2,1-2H3,(H2,28,29,30);1H. The lowest BCUT2D eigenvalue weighted by Crippen LogP contribution is -2.48. The molecular formula is C27H38IN5. The molecule has 2 aliphatic heterocycles. The van der Waals surface area contributed by atoms with Crippen LogP contribution in [0.5, 0.6) is 0 Å². The summed E-state index contributed by atoms with van der Waals surface area (Å²) in [5, 5.41) is 7.09. The number of guanidine groups is 1. The van der Waals surface area contributed by atoms with Gasteiger partial charge >= 0.3 is 0 Å². The Hall–Kier alpha value is -2.06. The maximum absolute atomic E-state index is 4.86. The molecule has 0 aliphatic carbocycles. The molecule has 2 aromatic rings. The van der Waals surface area contributed by atoms with E-state index in [1.807, 2.05) is 0 Å². The number of aryl methyl sites for hydroxylation is 1. The van der Waals surface area contributed by atoms with Crippen LogP contribution in [-0.4, -0.2) is 49.6 Å². The molecule has 0 spiro atoms. The minimum absolute atomic E-state index is 0. The van der Waals surface area contributed by atoms with E-state index in [1.54, 1.807) is 0 Å². The summed E-state index contributed by atoms with van der Waals surface area (Å²) in [5.74, 6) is 0.928. The van der Waals surface area contributed by atoms with Crippen molar-refractivity contribution in [2.45, 2.75) is 45.8 Å². The minimum atomic E-state index is 0. The van der Waals surface area contributed by atoms with Gasteiger partial charge in [-0.3, -0.25) is 4.90 Å². The Morgan fingerprint density at radius 3 is 2.39 bits per heavy atom. The normalized spacial score (nSPS) is 17.2. The molecule has 5 nitrogen and oxygen atoms in total. The molecule has 2 N–H and O–H groups in total. The van der Waals surface area contributed by atoms with Crippen molar-refractivity contribution in [3.05, 3.63) is 77.4 Å². The monoisotopic (exact) mass is 559 g/mol. The van der Waals surface area contributed by atoms with Gasteiger partial charge in [-0.25, -0.2) is 4.99 Å².